The van der Waals surface area contributed by atoms with Crippen LogP contribution in [-0.2, 0) is 6.18 Å². The molecule has 152 valence electrons. The van der Waals surface area contributed by atoms with Crippen molar-refractivity contribution < 1.29 is 18.3 Å². The van der Waals surface area contributed by atoms with Crippen molar-refractivity contribution in [2.75, 3.05) is 17.2 Å². The maximum absolute atomic E-state index is 13.2. The van der Waals surface area contributed by atoms with E-state index in [1.54, 1.807) is 12.1 Å². The molecule has 0 radical (unpaired) electrons. The fourth-order valence-corrected chi connectivity index (χ4v) is 2.99. The summed E-state index contributed by atoms with van der Waals surface area (Å²) in [6, 6.07) is 5.61. The Morgan fingerprint density at radius 3 is 2.50 bits per heavy atom. The Balaban J connectivity index is 1.92. The number of nitrogens with one attached hydrogen (secondary N) is 2. The van der Waals surface area contributed by atoms with Crippen LogP contribution < -0.4 is 10.6 Å². The fourth-order valence-electron chi connectivity index (χ4n) is 2.99. The van der Waals surface area contributed by atoms with Crippen LogP contribution in [0, 0.1) is 12.8 Å². The lowest BCUT2D eigenvalue weighted by Crippen LogP contribution is -2.30. The number of nitrogens with zero attached hydrogens (tertiary/aromatic N) is 2. The Bertz CT molecular complexity index is 835. The van der Waals surface area contributed by atoms with E-state index in [4.69, 9.17) is 0 Å². The second-order valence-electron chi connectivity index (χ2n) is 7.55. The number of aliphatic hydroxyl groups is 1. The van der Waals surface area contributed by atoms with Gasteiger partial charge in [-0.3, -0.25) is 0 Å². The Morgan fingerprint density at radius 1 is 1.21 bits per heavy atom. The summed E-state index contributed by atoms with van der Waals surface area (Å²) in [7, 11) is 0. The molecular weight excluding hydrogens is 369 g/mol. The van der Waals surface area contributed by atoms with Crippen LogP contribution in [0.2, 0.25) is 0 Å². The quantitative estimate of drug-likeness (QED) is 0.626. The zero-order chi connectivity index (χ0) is 20.5. The van der Waals surface area contributed by atoms with E-state index in [2.05, 4.69) is 20.6 Å². The van der Waals surface area contributed by atoms with Crippen LogP contribution in [0.1, 0.15) is 49.4 Å². The molecule has 0 aliphatic heterocycles. The maximum atomic E-state index is 13.2. The van der Waals surface area contributed by atoms with Gasteiger partial charge in [-0.15, -0.1) is 0 Å². The minimum atomic E-state index is -4.41. The maximum Gasteiger partial charge on any atom is 0.416 e. The molecule has 0 amide bonds. The minimum Gasteiger partial charge on any atom is -0.394 e. The van der Waals surface area contributed by atoms with E-state index in [-0.39, 0.29) is 24.1 Å². The molecule has 1 aromatic carbocycles. The van der Waals surface area contributed by atoms with Crippen molar-refractivity contribution in [1.82, 2.24) is 9.97 Å². The molecule has 0 saturated heterocycles. The standard InChI is InChI=1S/C20H25F3N4O/c1-11(2)17(10-28)26-19-25-16(13-7-8-13)9-18(27-19)24-15-6-4-5-14(12(15)3)20(21,22)23/h4-6,9,11,13,17,28H,7-8,10H2,1-3H3,(H2,24,25,26,27)/t17-/m0/s1. The summed E-state index contributed by atoms with van der Waals surface area (Å²) in [5, 5.41) is 15.7. The van der Waals surface area contributed by atoms with E-state index in [0.29, 0.717) is 23.4 Å². The van der Waals surface area contributed by atoms with E-state index in [1.807, 2.05) is 13.8 Å². The molecule has 1 saturated carbocycles. The van der Waals surface area contributed by atoms with Crippen molar-refractivity contribution >= 4 is 17.5 Å². The second-order valence-corrected chi connectivity index (χ2v) is 7.55. The highest BCUT2D eigenvalue weighted by molar-refractivity contribution is 5.63. The van der Waals surface area contributed by atoms with Gasteiger partial charge < -0.3 is 15.7 Å². The summed E-state index contributed by atoms with van der Waals surface area (Å²) >= 11 is 0. The summed E-state index contributed by atoms with van der Waals surface area (Å²) in [6.07, 6.45) is -2.34. The second kappa shape index (κ2) is 7.95. The number of hydrogen-bond acceptors (Lipinski definition) is 5. The predicted octanol–water partition coefficient (Wildman–Crippen LogP) is 4.85. The zero-order valence-electron chi connectivity index (χ0n) is 16.1. The fraction of sp³-hybridized carbons (Fsp3) is 0.500. The molecule has 1 fully saturated rings. The number of aromatic nitrogens is 2. The van der Waals surface area contributed by atoms with Crippen LogP contribution in [0.3, 0.4) is 0 Å². The first-order chi connectivity index (χ1) is 13.2. The normalized spacial score (nSPS) is 15.6. The van der Waals surface area contributed by atoms with E-state index in [9.17, 15) is 18.3 Å². The van der Waals surface area contributed by atoms with Crippen molar-refractivity contribution in [1.29, 1.82) is 0 Å². The molecule has 0 spiro atoms. The average molecular weight is 394 g/mol. The average Bonchev–Trinajstić information content (AvgIpc) is 3.45. The van der Waals surface area contributed by atoms with Gasteiger partial charge in [0.1, 0.15) is 5.82 Å². The molecule has 28 heavy (non-hydrogen) atoms. The van der Waals surface area contributed by atoms with Gasteiger partial charge in [-0.25, -0.2) is 4.98 Å². The van der Waals surface area contributed by atoms with Crippen molar-refractivity contribution in [3.05, 3.63) is 41.1 Å². The van der Waals surface area contributed by atoms with E-state index >= 15 is 0 Å². The Kier molecular flexibility index (Phi) is 5.79. The first kappa shape index (κ1) is 20.4. The van der Waals surface area contributed by atoms with Gasteiger partial charge >= 0.3 is 6.18 Å². The number of anilines is 3. The lowest BCUT2D eigenvalue weighted by molar-refractivity contribution is -0.138. The van der Waals surface area contributed by atoms with Crippen LogP contribution in [-0.4, -0.2) is 27.7 Å². The summed E-state index contributed by atoms with van der Waals surface area (Å²) in [4.78, 5) is 8.95. The molecule has 0 bridgehead atoms. The third-order valence-electron chi connectivity index (χ3n) is 4.96. The third-order valence-corrected chi connectivity index (χ3v) is 4.96. The molecular formula is C20H25F3N4O. The summed E-state index contributed by atoms with van der Waals surface area (Å²) < 4.78 is 39.5. The summed E-state index contributed by atoms with van der Waals surface area (Å²) in [5.41, 5.74) is 0.646. The molecule has 0 unspecified atom stereocenters. The highest BCUT2D eigenvalue weighted by Crippen LogP contribution is 2.40. The van der Waals surface area contributed by atoms with Crippen LogP contribution in [0.25, 0.3) is 0 Å². The van der Waals surface area contributed by atoms with E-state index in [0.717, 1.165) is 24.6 Å². The molecule has 3 rings (SSSR count). The van der Waals surface area contributed by atoms with Crippen LogP contribution in [0.15, 0.2) is 24.3 Å². The summed E-state index contributed by atoms with van der Waals surface area (Å²) in [6.45, 7) is 5.33. The SMILES string of the molecule is Cc1c(Nc2cc(C3CC3)nc(N[C@@H](CO)C(C)C)n2)cccc1C(F)(F)F. The number of aliphatic hydroxyl groups excluding tert-OH is 1. The molecule has 3 N–H and O–H groups in total. The molecule has 8 heteroatoms. The topological polar surface area (TPSA) is 70.1 Å². The molecule has 1 aliphatic rings. The van der Waals surface area contributed by atoms with Crippen molar-refractivity contribution in [3.8, 4) is 0 Å². The molecule has 1 aliphatic carbocycles. The van der Waals surface area contributed by atoms with Gasteiger partial charge in [0, 0.05) is 17.7 Å². The Hall–Kier alpha value is -2.35. The van der Waals surface area contributed by atoms with Crippen molar-refractivity contribution in [2.45, 2.75) is 51.7 Å². The monoisotopic (exact) mass is 394 g/mol. The van der Waals surface area contributed by atoms with Crippen LogP contribution in [0.4, 0.5) is 30.6 Å². The molecule has 2 aromatic rings. The van der Waals surface area contributed by atoms with Crippen LogP contribution in [0.5, 0.6) is 0 Å². The van der Waals surface area contributed by atoms with Crippen molar-refractivity contribution in [3.63, 3.8) is 0 Å². The lowest BCUT2D eigenvalue weighted by Gasteiger charge is -2.21. The molecule has 1 aromatic heterocycles. The van der Waals surface area contributed by atoms with E-state index < -0.39 is 11.7 Å². The third kappa shape index (κ3) is 4.73. The van der Waals surface area contributed by atoms with Gasteiger partial charge in [-0.05, 0) is 43.4 Å². The van der Waals surface area contributed by atoms with Crippen molar-refractivity contribution in [2.24, 2.45) is 5.92 Å². The van der Waals surface area contributed by atoms with Gasteiger partial charge in [-0.1, -0.05) is 19.9 Å². The number of rotatable bonds is 7. The Morgan fingerprint density at radius 2 is 1.93 bits per heavy atom. The van der Waals surface area contributed by atoms with Gasteiger partial charge in [0.25, 0.3) is 0 Å². The lowest BCUT2D eigenvalue weighted by atomic mass is 10.1. The number of hydrogen-bond donors (Lipinski definition) is 3. The minimum absolute atomic E-state index is 0.0653. The summed E-state index contributed by atoms with van der Waals surface area (Å²) in [5.74, 6) is 1.31. The highest BCUT2D eigenvalue weighted by atomic mass is 19.4. The first-order valence-electron chi connectivity index (χ1n) is 9.39. The smallest absolute Gasteiger partial charge is 0.394 e. The molecule has 5 nitrogen and oxygen atoms in total. The number of halogens is 3. The number of alkyl halides is 3. The predicted molar refractivity (Wildman–Crippen MR) is 103 cm³/mol. The van der Waals surface area contributed by atoms with E-state index in [1.165, 1.54) is 13.0 Å². The van der Waals surface area contributed by atoms with Gasteiger partial charge in [0.05, 0.1) is 23.9 Å². The molecule has 1 heterocycles. The van der Waals surface area contributed by atoms with Crippen LogP contribution >= 0.6 is 0 Å². The first-order valence-corrected chi connectivity index (χ1v) is 9.39. The highest BCUT2D eigenvalue weighted by Gasteiger charge is 2.33. The Labute approximate surface area is 162 Å². The largest absolute Gasteiger partial charge is 0.416 e. The zero-order valence-corrected chi connectivity index (χ0v) is 16.1. The van der Waals surface area contributed by atoms with Gasteiger partial charge in [0.2, 0.25) is 5.95 Å². The van der Waals surface area contributed by atoms with Gasteiger partial charge in [0.15, 0.2) is 0 Å². The molecule has 1 atom stereocenters. The number of benzene rings is 1. The van der Waals surface area contributed by atoms with Gasteiger partial charge in [-0.2, -0.15) is 18.2 Å².